The molecule has 2 heterocycles. The van der Waals surface area contributed by atoms with Gasteiger partial charge >= 0.3 is 0 Å². The van der Waals surface area contributed by atoms with Crippen molar-refractivity contribution in [3.63, 3.8) is 0 Å². The Hall–Kier alpha value is -3.48. The molecule has 3 aliphatic rings. The first kappa shape index (κ1) is 22.0. The van der Waals surface area contributed by atoms with Gasteiger partial charge in [-0.1, -0.05) is 54.6 Å². The van der Waals surface area contributed by atoms with E-state index in [1.165, 1.54) is 11.1 Å². The molecule has 1 fully saturated rings. The average Bonchev–Trinajstić information content (AvgIpc) is 3.13. The lowest BCUT2D eigenvalue weighted by Gasteiger charge is -2.44. The maximum atomic E-state index is 14.1. The summed E-state index contributed by atoms with van der Waals surface area (Å²) in [6.45, 7) is 6.72. The Labute approximate surface area is 205 Å². The largest absolute Gasteiger partial charge is 0.486 e. The summed E-state index contributed by atoms with van der Waals surface area (Å²) in [5.74, 6) is 0.931. The highest BCUT2D eigenvalue weighted by Crippen LogP contribution is 2.45. The zero-order chi connectivity index (χ0) is 24.0. The predicted octanol–water partition coefficient (Wildman–Crippen LogP) is 3.86. The second kappa shape index (κ2) is 8.63. The molecule has 6 nitrogen and oxygen atoms in total. The Morgan fingerprint density at radius 2 is 1.40 bits per heavy atom. The van der Waals surface area contributed by atoms with Gasteiger partial charge in [-0.05, 0) is 35.7 Å². The molecule has 0 spiro atoms. The van der Waals surface area contributed by atoms with E-state index >= 15 is 0 Å². The Balaban J connectivity index is 1.36. The summed E-state index contributed by atoms with van der Waals surface area (Å²) in [6.07, 6.45) is 0. The molecule has 2 aliphatic heterocycles. The lowest BCUT2D eigenvalue weighted by atomic mass is 9.82. The molecule has 6 rings (SSSR count). The number of hydrogen-bond acceptors (Lipinski definition) is 6. The number of aryl methyl sites for hydroxylation is 1. The van der Waals surface area contributed by atoms with Crippen LogP contribution in [0.5, 0.6) is 11.5 Å². The fourth-order valence-electron chi connectivity index (χ4n) is 5.64. The van der Waals surface area contributed by atoms with Crippen molar-refractivity contribution in [1.29, 1.82) is 0 Å². The van der Waals surface area contributed by atoms with Crippen LogP contribution in [0.2, 0.25) is 0 Å². The monoisotopic (exact) mass is 468 g/mol. The van der Waals surface area contributed by atoms with Crippen LogP contribution in [0.15, 0.2) is 66.7 Å². The van der Waals surface area contributed by atoms with Crippen LogP contribution in [0.3, 0.4) is 0 Å². The zero-order valence-electron chi connectivity index (χ0n) is 19.8. The Kier molecular flexibility index (Phi) is 5.43. The number of nitrogens with zero attached hydrogens (tertiary/aromatic N) is 2. The molecule has 0 saturated carbocycles. The first-order valence-electron chi connectivity index (χ1n) is 12.2. The second-order valence-electron chi connectivity index (χ2n) is 9.46. The number of Topliss-reactive ketones (excluding diaryl/α,β-unsaturated/α-hetero) is 2. The van der Waals surface area contributed by atoms with E-state index in [0.717, 1.165) is 19.6 Å². The van der Waals surface area contributed by atoms with Gasteiger partial charge in [-0.15, -0.1) is 0 Å². The number of rotatable bonds is 4. The number of fused-ring (bicyclic) bond motifs is 2. The minimum absolute atomic E-state index is 0.151. The van der Waals surface area contributed by atoms with Crippen molar-refractivity contribution >= 4 is 11.6 Å². The third-order valence-electron chi connectivity index (χ3n) is 7.54. The quantitative estimate of drug-likeness (QED) is 0.542. The minimum atomic E-state index is -1.38. The molecule has 0 N–H and O–H groups in total. The van der Waals surface area contributed by atoms with Gasteiger partial charge in [0.2, 0.25) is 0 Å². The number of benzene rings is 3. The van der Waals surface area contributed by atoms with Crippen molar-refractivity contribution in [3.8, 4) is 11.5 Å². The van der Waals surface area contributed by atoms with Crippen molar-refractivity contribution < 1.29 is 19.1 Å². The molecular formula is C29H28N2O4. The molecule has 0 unspecified atom stereocenters. The van der Waals surface area contributed by atoms with Crippen LogP contribution < -0.4 is 9.47 Å². The van der Waals surface area contributed by atoms with E-state index in [-0.39, 0.29) is 11.6 Å². The molecule has 1 saturated heterocycles. The Bertz CT molecular complexity index is 1270. The molecule has 35 heavy (non-hydrogen) atoms. The van der Waals surface area contributed by atoms with E-state index in [1.54, 1.807) is 12.1 Å². The summed E-state index contributed by atoms with van der Waals surface area (Å²) in [4.78, 5) is 32.6. The van der Waals surface area contributed by atoms with Gasteiger partial charge in [-0.3, -0.25) is 19.4 Å². The number of ether oxygens (including phenoxy) is 2. The number of piperazine rings is 1. The predicted molar refractivity (Wildman–Crippen MR) is 132 cm³/mol. The van der Waals surface area contributed by atoms with Crippen LogP contribution in [0, 0.1) is 6.92 Å². The van der Waals surface area contributed by atoms with E-state index in [0.29, 0.717) is 54.5 Å². The minimum Gasteiger partial charge on any atom is -0.486 e. The molecule has 6 heteroatoms. The van der Waals surface area contributed by atoms with Crippen LogP contribution in [-0.2, 0) is 12.1 Å². The van der Waals surface area contributed by atoms with Crippen molar-refractivity contribution in [2.24, 2.45) is 0 Å². The van der Waals surface area contributed by atoms with Gasteiger partial charge in [0.25, 0.3) is 0 Å². The molecule has 3 aromatic rings. The van der Waals surface area contributed by atoms with Gasteiger partial charge in [0, 0.05) is 43.9 Å². The second-order valence-corrected chi connectivity index (χ2v) is 9.46. The summed E-state index contributed by atoms with van der Waals surface area (Å²) in [5.41, 5.74) is 2.85. The van der Waals surface area contributed by atoms with Crippen LogP contribution in [0.4, 0.5) is 0 Å². The van der Waals surface area contributed by atoms with E-state index in [1.807, 2.05) is 30.3 Å². The van der Waals surface area contributed by atoms with E-state index in [2.05, 4.69) is 41.0 Å². The fourth-order valence-corrected chi connectivity index (χ4v) is 5.64. The Morgan fingerprint density at radius 1 is 0.771 bits per heavy atom. The third kappa shape index (κ3) is 3.48. The molecule has 0 aromatic heterocycles. The van der Waals surface area contributed by atoms with Crippen LogP contribution >= 0.6 is 0 Å². The standard InChI is InChI=1S/C29H28N2O4/c1-20-6-2-3-7-21(20)19-30-12-14-31(15-13-30)29(22-10-11-25-26(18-22)35-17-16-34-25)27(32)23-8-4-5-9-24(23)28(29)33/h2-11,18H,12-17,19H2,1H3. The molecule has 0 radical (unpaired) electrons. The fraction of sp³-hybridized carbons (Fsp3) is 0.310. The zero-order valence-corrected chi connectivity index (χ0v) is 19.8. The van der Waals surface area contributed by atoms with Gasteiger partial charge in [0.05, 0.1) is 0 Å². The van der Waals surface area contributed by atoms with Crippen molar-refractivity contribution in [2.45, 2.75) is 19.0 Å². The highest BCUT2D eigenvalue weighted by molar-refractivity contribution is 6.32. The molecule has 178 valence electrons. The number of carbonyl (C=O) groups excluding carboxylic acids is 2. The van der Waals surface area contributed by atoms with Crippen molar-refractivity contribution in [2.75, 3.05) is 39.4 Å². The van der Waals surface area contributed by atoms with Crippen LogP contribution in [-0.4, -0.2) is 60.8 Å². The van der Waals surface area contributed by atoms with E-state index < -0.39 is 5.54 Å². The van der Waals surface area contributed by atoms with Gasteiger partial charge in [-0.25, -0.2) is 0 Å². The normalized spacial score (nSPS) is 19.6. The summed E-state index contributed by atoms with van der Waals surface area (Å²) in [5, 5.41) is 0. The van der Waals surface area contributed by atoms with Gasteiger partial charge in [0.1, 0.15) is 13.2 Å². The van der Waals surface area contributed by atoms with Crippen LogP contribution in [0.1, 0.15) is 37.4 Å². The first-order valence-corrected chi connectivity index (χ1v) is 12.2. The van der Waals surface area contributed by atoms with Crippen molar-refractivity contribution in [1.82, 2.24) is 9.80 Å². The van der Waals surface area contributed by atoms with E-state index in [4.69, 9.17) is 9.47 Å². The topological polar surface area (TPSA) is 59.1 Å². The summed E-state index contributed by atoms with van der Waals surface area (Å²) >= 11 is 0. The lowest BCUT2D eigenvalue weighted by molar-refractivity contribution is 0.0277. The third-order valence-corrected chi connectivity index (χ3v) is 7.54. The highest BCUT2D eigenvalue weighted by Gasteiger charge is 2.58. The van der Waals surface area contributed by atoms with Gasteiger partial charge < -0.3 is 9.47 Å². The van der Waals surface area contributed by atoms with Crippen LogP contribution in [0.25, 0.3) is 0 Å². The number of hydrogen-bond donors (Lipinski definition) is 0. The molecule has 1 aliphatic carbocycles. The van der Waals surface area contributed by atoms with Crippen molar-refractivity contribution in [3.05, 3.63) is 94.5 Å². The highest BCUT2D eigenvalue weighted by atomic mass is 16.6. The van der Waals surface area contributed by atoms with E-state index in [9.17, 15) is 9.59 Å². The number of ketones is 2. The molecule has 0 atom stereocenters. The molecule has 3 aromatic carbocycles. The smallest absolute Gasteiger partial charge is 0.196 e. The first-order chi connectivity index (χ1) is 17.1. The number of carbonyl (C=O) groups is 2. The average molecular weight is 469 g/mol. The molecule has 0 amide bonds. The molecular weight excluding hydrogens is 440 g/mol. The lowest BCUT2D eigenvalue weighted by Crippen LogP contribution is -2.60. The van der Waals surface area contributed by atoms with Gasteiger partial charge in [0.15, 0.2) is 28.6 Å². The summed E-state index contributed by atoms with van der Waals surface area (Å²) in [6, 6.07) is 21.1. The maximum absolute atomic E-state index is 14.1. The summed E-state index contributed by atoms with van der Waals surface area (Å²) in [7, 11) is 0. The molecule has 0 bridgehead atoms. The Morgan fingerprint density at radius 3 is 2.09 bits per heavy atom. The van der Waals surface area contributed by atoms with Gasteiger partial charge in [-0.2, -0.15) is 0 Å². The SMILES string of the molecule is Cc1ccccc1CN1CCN(C2(c3ccc4c(c3)OCCO4)C(=O)c3ccccc3C2=O)CC1. The maximum Gasteiger partial charge on any atom is 0.196 e. The summed E-state index contributed by atoms with van der Waals surface area (Å²) < 4.78 is 11.5.